The van der Waals surface area contributed by atoms with Crippen molar-refractivity contribution in [2.24, 2.45) is 0 Å². The SMILES string of the molecule is O=C1N/C(=C/c2ccc3c(c2)OCO3)C(=O)S1. The fourth-order valence-electron chi connectivity index (χ4n) is 1.59. The lowest BCUT2D eigenvalue weighted by molar-refractivity contribution is -0.107. The third kappa shape index (κ3) is 1.87. The Labute approximate surface area is 101 Å². The average Bonchev–Trinajstić information content (AvgIpc) is 2.85. The van der Waals surface area contributed by atoms with Crippen LogP contribution in [0.5, 0.6) is 11.5 Å². The lowest BCUT2D eigenvalue weighted by Gasteiger charge is -1.99. The highest BCUT2D eigenvalue weighted by Crippen LogP contribution is 2.33. The number of hydrogen-bond acceptors (Lipinski definition) is 5. The largest absolute Gasteiger partial charge is 0.454 e. The Morgan fingerprint density at radius 1 is 1.24 bits per heavy atom. The van der Waals surface area contributed by atoms with E-state index in [0.717, 1.165) is 5.56 Å². The lowest BCUT2D eigenvalue weighted by atomic mass is 10.1. The summed E-state index contributed by atoms with van der Waals surface area (Å²) in [5.74, 6) is 1.33. The van der Waals surface area contributed by atoms with Gasteiger partial charge in [0.25, 0.3) is 5.24 Å². The van der Waals surface area contributed by atoms with Crippen molar-refractivity contribution < 1.29 is 19.1 Å². The molecule has 17 heavy (non-hydrogen) atoms. The highest BCUT2D eigenvalue weighted by Gasteiger charge is 2.25. The van der Waals surface area contributed by atoms with Crippen molar-refractivity contribution in [3.05, 3.63) is 29.5 Å². The quantitative estimate of drug-likeness (QED) is 0.768. The standard InChI is InChI=1S/C11H7NO4S/c13-10-7(12-11(14)17-10)3-6-1-2-8-9(4-6)16-5-15-8/h1-4H,5H2,(H,12,14)/b7-3+. The summed E-state index contributed by atoms with van der Waals surface area (Å²) >= 11 is 0.660. The van der Waals surface area contributed by atoms with Crippen LogP contribution in [0.25, 0.3) is 6.08 Å². The molecule has 1 fully saturated rings. The number of thioether (sulfide) groups is 1. The van der Waals surface area contributed by atoms with Gasteiger partial charge in [-0.3, -0.25) is 9.59 Å². The molecule has 0 aliphatic carbocycles. The minimum absolute atomic E-state index is 0.209. The molecule has 0 bridgehead atoms. The van der Waals surface area contributed by atoms with E-state index >= 15 is 0 Å². The molecule has 2 aliphatic rings. The first kappa shape index (κ1) is 10.2. The van der Waals surface area contributed by atoms with Crippen molar-refractivity contribution >= 4 is 28.2 Å². The van der Waals surface area contributed by atoms with Crippen LogP contribution < -0.4 is 14.8 Å². The molecule has 2 heterocycles. The number of hydrogen-bond donors (Lipinski definition) is 1. The second-order valence-corrected chi connectivity index (χ2v) is 4.42. The molecular formula is C11H7NO4S. The number of carbonyl (C=O) groups excluding carboxylic acids is 2. The number of amides is 1. The van der Waals surface area contributed by atoms with Crippen molar-refractivity contribution in [2.45, 2.75) is 0 Å². The smallest absolute Gasteiger partial charge is 0.291 e. The summed E-state index contributed by atoms with van der Waals surface area (Å²) in [5, 5.41) is 1.87. The third-order valence-corrected chi connectivity index (χ3v) is 3.04. The molecule has 0 radical (unpaired) electrons. The average molecular weight is 249 g/mol. The van der Waals surface area contributed by atoms with Crippen molar-refractivity contribution in [3.8, 4) is 11.5 Å². The zero-order valence-corrected chi connectivity index (χ0v) is 9.37. The fraction of sp³-hybridized carbons (Fsp3) is 0.0909. The Balaban J connectivity index is 1.93. The first-order valence-electron chi connectivity index (χ1n) is 4.87. The minimum Gasteiger partial charge on any atom is -0.454 e. The predicted octanol–water partition coefficient (Wildman–Crippen LogP) is 1.74. The maximum absolute atomic E-state index is 11.4. The Bertz CT molecular complexity index is 552. The van der Waals surface area contributed by atoms with Crippen LogP contribution >= 0.6 is 11.8 Å². The van der Waals surface area contributed by atoms with Crippen LogP contribution in [0.1, 0.15) is 5.56 Å². The van der Waals surface area contributed by atoms with Crippen LogP contribution in [0, 0.1) is 0 Å². The van der Waals surface area contributed by atoms with E-state index in [1.807, 2.05) is 0 Å². The lowest BCUT2D eigenvalue weighted by Crippen LogP contribution is -2.10. The molecule has 0 aromatic heterocycles. The summed E-state index contributed by atoms with van der Waals surface area (Å²) in [6.45, 7) is 0.209. The van der Waals surface area contributed by atoms with Gasteiger partial charge in [-0.15, -0.1) is 0 Å². The number of fused-ring (bicyclic) bond motifs is 1. The van der Waals surface area contributed by atoms with Crippen molar-refractivity contribution in [3.63, 3.8) is 0 Å². The maximum Gasteiger partial charge on any atom is 0.291 e. The Morgan fingerprint density at radius 3 is 2.82 bits per heavy atom. The molecule has 1 saturated heterocycles. The summed E-state index contributed by atoms with van der Waals surface area (Å²) in [7, 11) is 0. The van der Waals surface area contributed by atoms with Crippen molar-refractivity contribution in [2.75, 3.05) is 6.79 Å². The number of ether oxygens (including phenoxy) is 2. The summed E-state index contributed by atoms with van der Waals surface area (Å²) in [6, 6.07) is 5.32. The number of carbonyl (C=O) groups is 2. The van der Waals surface area contributed by atoms with Crippen LogP contribution in [0.4, 0.5) is 4.79 Å². The zero-order valence-electron chi connectivity index (χ0n) is 8.56. The molecule has 2 aliphatic heterocycles. The van der Waals surface area contributed by atoms with Crippen LogP contribution in [-0.2, 0) is 4.79 Å². The molecule has 3 rings (SSSR count). The van der Waals surface area contributed by atoms with Gasteiger partial charge in [-0.2, -0.15) is 0 Å². The summed E-state index contributed by atoms with van der Waals surface area (Å²) in [6.07, 6.45) is 1.61. The highest BCUT2D eigenvalue weighted by atomic mass is 32.2. The molecule has 5 nitrogen and oxygen atoms in total. The van der Waals surface area contributed by atoms with Crippen LogP contribution in [-0.4, -0.2) is 17.1 Å². The molecule has 1 amide bonds. The molecule has 6 heteroatoms. The Hall–Kier alpha value is -1.95. The first-order chi connectivity index (χ1) is 8.22. The Morgan fingerprint density at radius 2 is 2.06 bits per heavy atom. The number of nitrogens with one attached hydrogen (secondary N) is 1. The molecule has 0 unspecified atom stereocenters. The van der Waals surface area contributed by atoms with Gasteiger partial charge in [-0.05, 0) is 23.8 Å². The molecule has 1 N–H and O–H groups in total. The summed E-state index contributed by atoms with van der Waals surface area (Å²) < 4.78 is 10.4. The first-order valence-corrected chi connectivity index (χ1v) is 5.68. The monoisotopic (exact) mass is 249 g/mol. The van der Waals surface area contributed by atoms with Gasteiger partial charge in [0.05, 0.1) is 5.70 Å². The maximum atomic E-state index is 11.4. The minimum atomic E-state index is -0.345. The molecule has 1 aromatic rings. The third-order valence-electron chi connectivity index (χ3n) is 2.35. The zero-order chi connectivity index (χ0) is 11.8. The van der Waals surface area contributed by atoms with E-state index in [1.165, 1.54) is 0 Å². The van der Waals surface area contributed by atoms with Crippen LogP contribution in [0.3, 0.4) is 0 Å². The van der Waals surface area contributed by atoms with E-state index in [-0.39, 0.29) is 17.1 Å². The number of rotatable bonds is 1. The van der Waals surface area contributed by atoms with E-state index in [0.29, 0.717) is 29.0 Å². The van der Waals surface area contributed by atoms with Gasteiger partial charge in [0.1, 0.15) is 0 Å². The molecule has 86 valence electrons. The number of benzene rings is 1. The van der Waals surface area contributed by atoms with Crippen molar-refractivity contribution in [1.82, 2.24) is 5.32 Å². The van der Waals surface area contributed by atoms with Gasteiger partial charge in [-0.25, -0.2) is 0 Å². The molecule has 1 aromatic carbocycles. The van der Waals surface area contributed by atoms with E-state index in [1.54, 1.807) is 24.3 Å². The molecule has 0 spiro atoms. The molecule has 0 saturated carbocycles. The Kier molecular flexibility index (Phi) is 2.29. The van der Waals surface area contributed by atoms with Gasteiger partial charge in [0.15, 0.2) is 11.5 Å². The van der Waals surface area contributed by atoms with Gasteiger partial charge in [0, 0.05) is 11.8 Å². The van der Waals surface area contributed by atoms with Crippen LogP contribution in [0.15, 0.2) is 23.9 Å². The van der Waals surface area contributed by atoms with E-state index in [2.05, 4.69) is 5.32 Å². The van der Waals surface area contributed by atoms with Gasteiger partial charge >= 0.3 is 0 Å². The predicted molar refractivity (Wildman–Crippen MR) is 61.7 cm³/mol. The van der Waals surface area contributed by atoms with Gasteiger partial charge < -0.3 is 14.8 Å². The van der Waals surface area contributed by atoms with Gasteiger partial charge in [0.2, 0.25) is 11.9 Å². The molecule has 0 atom stereocenters. The second-order valence-electron chi connectivity index (χ2n) is 3.47. The summed E-state index contributed by atoms with van der Waals surface area (Å²) in [5.41, 5.74) is 1.07. The van der Waals surface area contributed by atoms with E-state index in [4.69, 9.17) is 9.47 Å². The van der Waals surface area contributed by atoms with E-state index in [9.17, 15) is 9.59 Å². The molecular weight excluding hydrogens is 242 g/mol. The topological polar surface area (TPSA) is 64.6 Å². The summed E-state index contributed by atoms with van der Waals surface area (Å²) in [4.78, 5) is 22.4. The normalized spacial score (nSPS) is 19.9. The van der Waals surface area contributed by atoms with Crippen molar-refractivity contribution in [1.29, 1.82) is 0 Å². The second kappa shape index (κ2) is 3.81. The fourth-order valence-corrected chi connectivity index (χ4v) is 2.14. The van der Waals surface area contributed by atoms with Crippen LogP contribution in [0.2, 0.25) is 0 Å². The van der Waals surface area contributed by atoms with Gasteiger partial charge in [-0.1, -0.05) is 6.07 Å². The highest BCUT2D eigenvalue weighted by molar-refractivity contribution is 8.27. The van der Waals surface area contributed by atoms with E-state index < -0.39 is 0 Å².